The van der Waals surface area contributed by atoms with Crippen molar-refractivity contribution in [2.45, 2.75) is 77.0 Å². The van der Waals surface area contributed by atoms with E-state index in [1.54, 1.807) is 30.3 Å². The smallest absolute Gasteiger partial charge is 0.407 e. The zero-order chi connectivity index (χ0) is 38.8. The number of hydrogen-bond donors (Lipinski definition) is 1. The third-order valence-corrected chi connectivity index (χ3v) is 8.52. The molecule has 15 heteroatoms. The maximum absolute atomic E-state index is 13.5. The average Bonchev–Trinajstić information content (AvgIpc) is 3.46. The molecule has 15 nitrogen and oxygen atoms in total. The molecule has 5 rings (SSSR count). The highest BCUT2D eigenvalue weighted by Crippen LogP contribution is 2.44. The standard InChI is InChI=1S/C39H41NO14/c1-22(41)47-21-33-34(51-23(2)42)35(52-24(3)43)36(53-25(4)44)38(54-33)49-20-32(37(45)48-18-26-12-6-5-7-13-26)40-39(46)50-19-31-29-16-10-8-14-27(29)28-15-9-11-17-30(28)31/h5-17,31-36,38H,18-21H2,1-4H3,(H,40,46)/t32-,33+,34-,35-,36+,38+/m0/s1. The van der Waals surface area contributed by atoms with Crippen LogP contribution in [0.1, 0.15) is 50.3 Å². The van der Waals surface area contributed by atoms with Gasteiger partial charge in [-0.05, 0) is 27.8 Å². The van der Waals surface area contributed by atoms with E-state index in [-0.39, 0.29) is 19.1 Å². The van der Waals surface area contributed by atoms with E-state index in [0.717, 1.165) is 49.9 Å². The van der Waals surface area contributed by atoms with Crippen molar-refractivity contribution in [1.82, 2.24) is 5.32 Å². The molecule has 2 aliphatic rings. The molecule has 0 bridgehead atoms. The molecule has 1 aliphatic carbocycles. The van der Waals surface area contributed by atoms with Crippen LogP contribution in [-0.4, -0.2) is 92.5 Å². The number of rotatable bonds is 14. The highest BCUT2D eigenvalue weighted by atomic mass is 16.7. The molecule has 54 heavy (non-hydrogen) atoms. The van der Waals surface area contributed by atoms with E-state index in [2.05, 4.69) is 5.32 Å². The summed E-state index contributed by atoms with van der Waals surface area (Å²) < 4.78 is 44.5. The van der Waals surface area contributed by atoms with Crippen LogP contribution in [0.25, 0.3) is 11.1 Å². The summed E-state index contributed by atoms with van der Waals surface area (Å²) in [4.78, 5) is 75.1. The van der Waals surface area contributed by atoms with E-state index in [4.69, 9.17) is 37.9 Å². The van der Waals surface area contributed by atoms with Crippen LogP contribution in [0, 0.1) is 0 Å². The van der Waals surface area contributed by atoms with Gasteiger partial charge in [-0.3, -0.25) is 19.2 Å². The molecule has 3 aromatic rings. The van der Waals surface area contributed by atoms with E-state index in [1.165, 1.54) is 0 Å². The zero-order valence-corrected chi connectivity index (χ0v) is 30.1. The van der Waals surface area contributed by atoms with Crippen LogP contribution in [0.5, 0.6) is 0 Å². The van der Waals surface area contributed by atoms with Gasteiger partial charge >= 0.3 is 35.9 Å². The van der Waals surface area contributed by atoms with Gasteiger partial charge in [0.1, 0.15) is 25.9 Å². The first-order chi connectivity index (χ1) is 25.9. The number of carbonyl (C=O) groups is 6. The van der Waals surface area contributed by atoms with Gasteiger partial charge in [-0.25, -0.2) is 9.59 Å². The number of benzene rings is 3. The Morgan fingerprint density at radius 3 is 1.78 bits per heavy atom. The van der Waals surface area contributed by atoms with Crippen LogP contribution in [0.2, 0.25) is 0 Å². The summed E-state index contributed by atoms with van der Waals surface area (Å²) >= 11 is 0. The summed E-state index contributed by atoms with van der Waals surface area (Å²) in [6.07, 6.45) is -8.34. The summed E-state index contributed by atoms with van der Waals surface area (Å²) in [5.74, 6) is -4.34. The maximum atomic E-state index is 13.5. The number of carbonyl (C=O) groups excluding carboxylic acids is 6. The van der Waals surface area contributed by atoms with Crippen LogP contribution in [-0.2, 0) is 68.5 Å². The fraction of sp³-hybridized carbons (Fsp3) is 0.385. The Hall–Kier alpha value is -5.80. The molecule has 1 heterocycles. The second-order valence-corrected chi connectivity index (χ2v) is 12.5. The lowest BCUT2D eigenvalue weighted by molar-refractivity contribution is -0.308. The molecule has 6 atom stereocenters. The third-order valence-electron chi connectivity index (χ3n) is 8.52. The molecular formula is C39H41NO14. The molecule has 0 radical (unpaired) electrons. The fourth-order valence-electron chi connectivity index (χ4n) is 6.29. The van der Waals surface area contributed by atoms with Crippen LogP contribution < -0.4 is 5.32 Å². The predicted octanol–water partition coefficient (Wildman–Crippen LogP) is 3.74. The lowest BCUT2D eigenvalue weighted by Gasteiger charge is -2.44. The largest absolute Gasteiger partial charge is 0.463 e. The predicted molar refractivity (Wildman–Crippen MR) is 186 cm³/mol. The molecule has 0 aromatic heterocycles. The SMILES string of the molecule is CC(=O)OC[C@H]1O[C@@H](OC[C@H](NC(=O)OCC2c3ccccc3-c3ccccc32)C(=O)OCc2ccccc2)[C@H](OC(C)=O)[C@@H](OC(C)=O)[C@H]1OC(C)=O. The monoisotopic (exact) mass is 747 g/mol. The molecule has 0 saturated carbocycles. The molecule has 0 spiro atoms. The average molecular weight is 748 g/mol. The molecule has 1 amide bonds. The lowest BCUT2D eigenvalue weighted by atomic mass is 9.98. The fourth-order valence-corrected chi connectivity index (χ4v) is 6.29. The second-order valence-electron chi connectivity index (χ2n) is 12.5. The first kappa shape index (κ1) is 39.4. The minimum absolute atomic E-state index is 0.0494. The number of ether oxygens (including phenoxy) is 8. The van der Waals surface area contributed by atoms with Gasteiger partial charge in [0.05, 0.1) is 6.61 Å². The Bertz CT molecular complexity index is 1780. The first-order valence-corrected chi connectivity index (χ1v) is 17.2. The number of nitrogens with one attached hydrogen (secondary N) is 1. The van der Waals surface area contributed by atoms with Crippen LogP contribution >= 0.6 is 0 Å². The Morgan fingerprint density at radius 1 is 0.630 bits per heavy atom. The van der Waals surface area contributed by atoms with Gasteiger partial charge in [-0.1, -0.05) is 78.9 Å². The Balaban J connectivity index is 1.36. The van der Waals surface area contributed by atoms with Crippen molar-refractivity contribution in [2.75, 3.05) is 19.8 Å². The number of fused-ring (bicyclic) bond motifs is 3. The number of amides is 1. The Morgan fingerprint density at radius 2 is 1.19 bits per heavy atom. The summed E-state index contributed by atoms with van der Waals surface area (Å²) in [5.41, 5.74) is 4.70. The van der Waals surface area contributed by atoms with Crippen molar-refractivity contribution in [2.24, 2.45) is 0 Å². The van der Waals surface area contributed by atoms with E-state index < -0.39 is 85.9 Å². The Kier molecular flexibility index (Phi) is 13.4. The maximum Gasteiger partial charge on any atom is 0.407 e. The van der Waals surface area contributed by atoms with E-state index in [0.29, 0.717) is 5.56 Å². The van der Waals surface area contributed by atoms with Gasteiger partial charge in [0, 0.05) is 33.6 Å². The van der Waals surface area contributed by atoms with Crippen molar-refractivity contribution in [3.63, 3.8) is 0 Å². The molecular weight excluding hydrogens is 706 g/mol. The Labute approximate surface area is 311 Å². The first-order valence-electron chi connectivity index (χ1n) is 17.2. The highest BCUT2D eigenvalue weighted by molar-refractivity contribution is 5.82. The molecule has 0 unspecified atom stereocenters. The summed E-state index contributed by atoms with van der Waals surface area (Å²) in [6, 6.07) is 22.9. The van der Waals surface area contributed by atoms with Gasteiger partial charge in [0.2, 0.25) is 0 Å². The molecule has 3 aromatic carbocycles. The number of alkyl carbamates (subject to hydrolysis) is 1. The van der Waals surface area contributed by atoms with Crippen molar-refractivity contribution < 1.29 is 66.7 Å². The molecule has 1 N–H and O–H groups in total. The van der Waals surface area contributed by atoms with Gasteiger partial charge in [-0.2, -0.15) is 0 Å². The third kappa shape index (κ3) is 10.2. The number of hydrogen-bond acceptors (Lipinski definition) is 14. The minimum Gasteiger partial charge on any atom is -0.463 e. The quantitative estimate of drug-likeness (QED) is 0.186. The summed E-state index contributed by atoms with van der Waals surface area (Å²) in [7, 11) is 0. The van der Waals surface area contributed by atoms with Gasteiger partial charge in [0.25, 0.3) is 0 Å². The second kappa shape index (κ2) is 18.3. The van der Waals surface area contributed by atoms with Gasteiger partial charge in [0.15, 0.2) is 30.6 Å². The molecule has 286 valence electrons. The van der Waals surface area contributed by atoms with Crippen molar-refractivity contribution in [3.05, 3.63) is 95.6 Å². The molecule has 1 saturated heterocycles. The van der Waals surface area contributed by atoms with Crippen molar-refractivity contribution in [3.8, 4) is 11.1 Å². The normalized spacial score (nSPS) is 20.6. The molecule has 1 aliphatic heterocycles. The summed E-state index contributed by atoms with van der Waals surface area (Å²) in [6.45, 7) is 3.09. The highest BCUT2D eigenvalue weighted by Gasteiger charge is 2.53. The van der Waals surface area contributed by atoms with Crippen LogP contribution in [0.15, 0.2) is 78.9 Å². The number of esters is 5. The van der Waals surface area contributed by atoms with Crippen molar-refractivity contribution >= 4 is 35.9 Å². The summed E-state index contributed by atoms with van der Waals surface area (Å²) in [5, 5.41) is 2.50. The van der Waals surface area contributed by atoms with Crippen LogP contribution in [0.4, 0.5) is 4.79 Å². The van der Waals surface area contributed by atoms with Gasteiger partial charge < -0.3 is 43.2 Å². The van der Waals surface area contributed by atoms with Gasteiger partial charge in [-0.15, -0.1) is 0 Å². The van der Waals surface area contributed by atoms with Crippen molar-refractivity contribution in [1.29, 1.82) is 0 Å². The van der Waals surface area contributed by atoms with E-state index in [1.807, 2.05) is 48.5 Å². The zero-order valence-electron chi connectivity index (χ0n) is 30.1. The van der Waals surface area contributed by atoms with Crippen LogP contribution in [0.3, 0.4) is 0 Å². The van der Waals surface area contributed by atoms with E-state index in [9.17, 15) is 28.8 Å². The molecule has 1 fully saturated rings. The van der Waals surface area contributed by atoms with E-state index >= 15 is 0 Å². The minimum atomic E-state index is -1.61. The lowest BCUT2D eigenvalue weighted by Crippen LogP contribution is -2.63. The topological polar surface area (TPSA) is 188 Å².